The van der Waals surface area contributed by atoms with Gasteiger partial charge in [0.15, 0.2) is 0 Å². The minimum Gasteiger partial charge on any atom is -0.497 e. The Kier molecular flexibility index (Phi) is 8.48. The Balaban J connectivity index is 1.33. The third-order valence-electron chi connectivity index (χ3n) is 8.85. The monoisotopic (exact) mass is 626 g/mol. The number of aromatic nitrogens is 4. The van der Waals surface area contributed by atoms with E-state index in [9.17, 15) is 19.2 Å². The van der Waals surface area contributed by atoms with E-state index in [2.05, 4.69) is 26.3 Å². The van der Waals surface area contributed by atoms with Gasteiger partial charge in [-0.15, -0.1) is 5.10 Å². The summed E-state index contributed by atoms with van der Waals surface area (Å²) in [6.45, 7) is 3.95. The number of fused-ring (bicyclic) bond motifs is 6. The maximum absolute atomic E-state index is 14.2. The van der Waals surface area contributed by atoms with E-state index in [0.29, 0.717) is 17.1 Å². The van der Waals surface area contributed by atoms with Crippen molar-refractivity contribution in [1.29, 1.82) is 0 Å². The molecule has 2 aliphatic rings. The first-order chi connectivity index (χ1) is 22.1. The van der Waals surface area contributed by atoms with Gasteiger partial charge in [0.05, 0.1) is 31.4 Å². The van der Waals surface area contributed by atoms with E-state index in [1.807, 2.05) is 62.4 Å². The maximum Gasteiger partial charge on any atom is 0.271 e. The van der Waals surface area contributed by atoms with Crippen molar-refractivity contribution in [3.63, 3.8) is 0 Å². The maximum atomic E-state index is 14.2. The van der Waals surface area contributed by atoms with Crippen LogP contribution in [0.3, 0.4) is 0 Å². The zero-order valence-corrected chi connectivity index (χ0v) is 26.3. The molecule has 1 saturated heterocycles. The SMILES string of the molecule is COc1ccc2cc(C(=O)N3C[C@@H]4C[C@H]3C(=O)N[C@@H](C(C)C)C(=O)N[C@H](Cc3ccccc3)C(=O)NCc3cn4nn3)n(C)c2c1. The normalized spacial score (nSPS) is 22.2. The molecule has 13 heteroatoms. The lowest BCUT2D eigenvalue weighted by Crippen LogP contribution is -2.58. The minimum atomic E-state index is -0.942. The Morgan fingerprint density at radius 3 is 2.54 bits per heavy atom. The quantitative estimate of drug-likeness (QED) is 0.305. The summed E-state index contributed by atoms with van der Waals surface area (Å²) < 4.78 is 8.81. The van der Waals surface area contributed by atoms with Gasteiger partial charge in [0.1, 0.15) is 35.3 Å². The number of amides is 4. The van der Waals surface area contributed by atoms with Gasteiger partial charge in [0.2, 0.25) is 17.7 Å². The third-order valence-corrected chi connectivity index (χ3v) is 8.85. The second kappa shape index (κ2) is 12.7. The highest BCUT2D eigenvalue weighted by Crippen LogP contribution is 2.31. The number of carbonyl (C=O) groups excluding carboxylic acids is 4. The molecule has 0 unspecified atom stereocenters. The Morgan fingerprint density at radius 2 is 1.80 bits per heavy atom. The number of methoxy groups -OCH3 is 1. The summed E-state index contributed by atoms with van der Waals surface area (Å²) in [5.74, 6) is -1.25. The number of benzene rings is 2. The van der Waals surface area contributed by atoms with Gasteiger partial charge in [-0.2, -0.15) is 0 Å². The van der Waals surface area contributed by atoms with E-state index >= 15 is 0 Å². The Hall–Kier alpha value is -5.20. The molecular formula is C33H38N8O5. The fourth-order valence-corrected chi connectivity index (χ4v) is 6.25. The van der Waals surface area contributed by atoms with Crippen LogP contribution in [0, 0.1) is 5.92 Å². The molecule has 3 N–H and O–H groups in total. The van der Waals surface area contributed by atoms with Gasteiger partial charge in [-0.05, 0) is 29.7 Å². The van der Waals surface area contributed by atoms with Crippen molar-refractivity contribution in [2.45, 2.75) is 57.4 Å². The van der Waals surface area contributed by atoms with Crippen LogP contribution in [0.5, 0.6) is 5.75 Å². The summed E-state index contributed by atoms with van der Waals surface area (Å²) >= 11 is 0. The van der Waals surface area contributed by atoms with Crippen LogP contribution < -0.4 is 20.7 Å². The molecule has 240 valence electrons. The fourth-order valence-electron chi connectivity index (χ4n) is 6.25. The summed E-state index contributed by atoms with van der Waals surface area (Å²) in [5, 5.41) is 18.0. The largest absolute Gasteiger partial charge is 0.497 e. The molecule has 1 fully saturated rings. The molecule has 0 aliphatic carbocycles. The van der Waals surface area contributed by atoms with Crippen LogP contribution in [-0.4, -0.2) is 79.9 Å². The van der Waals surface area contributed by atoms with Gasteiger partial charge in [-0.25, -0.2) is 4.68 Å². The van der Waals surface area contributed by atoms with Crippen molar-refractivity contribution in [3.05, 3.63) is 77.7 Å². The van der Waals surface area contributed by atoms with Gasteiger partial charge in [0, 0.05) is 37.9 Å². The predicted molar refractivity (Wildman–Crippen MR) is 169 cm³/mol. The molecule has 2 aromatic heterocycles. The molecule has 46 heavy (non-hydrogen) atoms. The van der Waals surface area contributed by atoms with Crippen molar-refractivity contribution in [3.8, 4) is 5.75 Å². The van der Waals surface area contributed by atoms with Crippen molar-refractivity contribution in [1.82, 2.24) is 40.4 Å². The van der Waals surface area contributed by atoms with Crippen LogP contribution in [0.25, 0.3) is 10.9 Å². The predicted octanol–water partition coefficient (Wildman–Crippen LogP) is 1.73. The number of nitrogens with zero attached hydrogens (tertiary/aromatic N) is 5. The van der Waals surface area contributed by atoms with Gasteiger partial charge in [0.25, 0.3) is 5.91 Å². The molecule has 13 nitrogen and oxygen atoms in total. The molecule has 6 rings (SSSR count). The van der Waals surface area contributed by atoms with E-state index in [1.54, 1.807) is 40.6 Å². The molecule has 4 bridgehead atoms. The highest BCUT2D eigenvalue weighted by molar-refractivity contribution is 6.02. The van der Waals surface area contributed by atoms with Crippen LogP contribution in [0.4, 0.5) is 0 Å². The van der Waals surface area contributed by atoms with Crippen LogP contribution in [-0.2, 0) is 34.4 Å². The van der Waals surface area contributed by atoms with E-state index in [1.165, 1.54) is 0 Å². The summed E-state index contributed by atoms with van der Waals surface area (Å²) in [6.07, 6.45) is 2.25. The van der Waals surface area contributed by atoms with Crippen LogP contribution in [0.2, 0.25) is 0 Å². The lowest BCUT2D eigenvalue weighted by atomic mass is 10.00. The van der Waals surface area contributed by atoms with Crippen molar-refractivity contribution in [2.75, 3.05) is 13.7 Å². The van der Waals surface area contributed by atoms with Crippen molar-refractivity contribution in [2.24, 2.45) is 13.0 Å². The number of rotatable bonds is 5. The molecule has 0 radical (unpaired) electrons. The minimum absolute atomic E-state index is 0.100. The highest BCUT2D eigenvalue weighted by atomic mass is 16.5. The fraction of sp³-hybridized carbons (Fsp3) is 0.394. The number of aryl methyl sites for hydroxylation is 1. The average Bonchev–Trinajstić information content (AvgIpc) is 3.79. The number of likely N-dealkylation sites (tertiary alicyclic amines) is 1. The second-order valence-corrected chi connectivity index (χ2v) is 12.3. The summed E-state index contributed by atoms with van der Waals surface area (Å²) in [6, 6.07) is 13.7. The third kappa shape index (κ3) is 6.04. The van der Waals surface area contributed by atoms with Gasteiger partial charge in [-0.3, -0.25) is 19.2 Å². The van der Waals surface area contributed by atoms with Crippen LogP contribution >= 0.6 is 0 Å². The summed E-state index contributed by atoms with van der Waals surface area (Å²) in [4.78, 5) is 56.8. The summed E-state index contributed by atoms with van der Waals surface area (Å²) in [7, 11) is 3.39. The van der Waals surface area contributed by atoms with Crippen molar-refractivity contribution >= 4 is 34.5 Å². The van der Waals surface area contributed by atoms with Gasteiger partial charge < -0.3 is 30.2 Å². The molecule has 4 heterocycles. The molecule has 0 saturated carbocycles. The number of ether oxygens (including phenoxy) is 1. The van der Waals surface area contributed by atoms with Crippen LogP contribution in [0.1, 0.15) is 48.1 Å². The first-order valence-electron chi connectivity index (χ1n) is 15.4. The Bertz CT molecular complexity index is 1780. The highest BCUT2D eigenvalue weighted by Gasteiger charge is 2.43. The first kappa shape index (κ1) is 30.8. The standard InChI is InChI=1S/C33H38N8O5/c1-19(2)29-32(44)35-25(12-20-8-6-5-7-9-20)30(42)34-16-22-17-41(38-37-22)23-14-27(31(43)36-29)40(18-23)33(45)28-13-21-10-11-24(46-4)15-26(21)39(28)3/h5-11,13,15,17,19,23,25,27,29H,12,14,16,18H2,1-4H3,(H,34,42)(H,35,44)(H,36,43)/t23-,25+,27-,29-/m0/s1. The smallest absolute Gasteiger partial charge is 0.271 e. The van der Waals surface area contributed by atoms with E-state index < -0.39 is 29.9 Å². The lowest BCUT2D eigenvalue weighted by Gasteiger charge is -2.29. The lowest BCUT2D eigenvalue weighted by molar-refractivity contribution is -0.134. The average molecular weight is 627 g/mol. The molecular weight excluding hydrogens is 588 g/mol. The van der Waals surface area contributed by atoms with E-state index in [4.69, 9.17) is 4.74 Å². The van der Waals surface area contributed by atoms with Gasteiger partial charge >= 0.3 is 0 Å². The Labute approximate surface area is 266 Å². The number of carbonyl (C=O) groups is 4. The molecule has 4 aromatic rings. The molecule has 2 aliphatic heterocycles. The summed E-state index contributed by atoms with van der Waals surface area (Å²) in [5.41, 5.74) is 2.62. The first-order valence-corrected chi connectivity index (χ1v) is 15.4. The molecule has 2 aromatic carbocycles. The molecule has 0 spiro atoms. The molecule has 4 amide bonds. The number of nitrogens with one attached hydrogen (secondary N) is 3. The number of hydrogen-bond donors (Lipinski definition) is 3. The van der Waals surface area contributed by atoms with Crippen molar-refractivity contribution < 1.29 is 23.9 Å². The van der Waals surface area contributed by atoms with Gasteiger partial charge in [-0.1, -0.05) is 49.4 Å². The van der Waals surface area contributed by atoms with E-state index in [-0.39, 0.29) is 49.7 Å². The van der Waals surface area contributed by atoms with E-state index in [0.717, 1.165) is 16.5 Å². The number of hydrogen-bond acceptors (Lipinski definition) is 7. The zero-order valence-electron chi connectivity index (χ0n) is 26.3. The van der Waals surface area contributed by atoms with Crippen LogP contribution in [0.15, 0.2) is 60.8 Å². The molecule has 4 atom stereocenters. The second-order valence-electron chi connectivity index (χ2n) is 12.3. The zero-order chi connectivity index (χ0) is 32.5. The Morgan fingerprint density at radius 1 is 1.02 bits per heavy atom. The topological polar surface area (TPSA) is 152 Å².